The summed E-state index contributed by atoms with van der Waals surface area (Å²) in [5, 5.41) is 0. The Hall–Kier alpha value is 0.375. The predicted molar refractivity (Wildman–Crippen MR) is 37.0 cm³/mol. The van der Waals surface area contributed by atoms with E-state index in [1.54, 1.807) is 6.92 Å². The van der Waals surface area contributed by atoms with Crippen molar-refractivity contribution in [2.45, 2.75) is 6.92 Å². The summed E-state index contributed by atoms with van der Waals surface area (Å²) in [6.45, 7) is 1.29. The van der Waals surface area contributed by atoms with Crippen molar-refractivity contribution < 1.29 is 61.6 Å². The Bertz CT molecular complexity index is 255. The van der Waals surface area contributed by atoms with Crippen LogP contribution in [0.4, 0.5) is 4.79 Å². The first-order valence-electron chi connectivity index (χ1n) is 3.03. The van der Waals surface area contributed by atoms with Crippen molar-refractivity contribution in [3.05, 3.63) is 0 Å². The van der Waals surface area contributed by atoms with Gasteiger partial charge in [0, 0.05) is 7.60 Å². The molecule has 0 saturated carbocycles. The standard InChI is InChI=1S/C6H9O5P.2Li/c1-3-5(2)4-11-6(7)12(8,9)10;;/h1,5H,4H2,2H3,(H2,8,9,10);;/q;2*+1/p-2. The number of rotatable bonds is 3. The second kappa shape index (κ2) is 8.66. The number of carbonyl (C=O) groups excluding carboxylic acids is 1. The summed E-state index contributed by atoms with van der Waals surface area (Å²) in [6, 6.07) is 0. The first-order valence-corrected chi connectivity index (χ1v) is 4.57. The molecule has 14 heavy (non-hydrogen) atoms. The Kier molecular flexibility index (Phi) is 12.3. The summed E-state index contributed by atoms with van der Waals surface area (Å²) < 4.78 is 14.1. The molecule has 0 aromatic rings. The Morgan fingerprint density at radius 1 is 1.57 bits per heavy atom. The van der Waals surface area contributed by atoms with Crippen LogP contribution >= 0.6 is 7.60 Å². The fraction of sp³-hybridized carbons (Fsp3) is 0.500. The molecule has 8 heteroatoms. The number of ether oxygens (including phenoxy) is 1. The molecule has 0 aliphatic rings. The van der Waals surface area contributed by atoms with Crippen LogP contribution in [0, 0.1) is 18.3 Å². The zero-order valence-electron chi connectivity index (χ0n) is 8.35. The number of carbonyl (C=O) groups is 1. The molecule has 68 valence electrons. The van der Waals surface area contributed by atoms with Crippen LogP contribution in [0.5, 0.6) is 0 Å². The maximum Gasteiger partial charge on any atom is 1.00 e. The Labute approximate surface area is 106 Å². The van der Waals surface area contributed by atoms with Gasteiger partial charge < -0.3 is 19.1 Å². The van der Waals surface area contributed by atoms with E-state index in [9.17, 15) is 19.1 Å². The molecule has 0 aromatic heterocycles. The smallest absolute Gasteiger partial charge is 0.803 e. The normalized spacial score (nSPS) is 11.3. The fourth-order valence-electron chi connectivity index (χ4n) is 0.323. The van der Waals surface area contributed by atoms with E-state index in [2.05, 4.69) is 10.7 Å². The molecule has 0 amide bonds. The molecule has 0 rings (SSSR count). The first-order chi connectivity index (χ1) is 5.38. The van der Waals surface area contributed by atoms with E-state index in [0.717, 1.165) is 0 Å². The third-order valence-corrected chi connectivity index (χ3v) is 1.54. The molecule has 0 N–H and O–H groups in total. The summed E-state index contributed by atoms with van der Waals surface area (Å²) in [5.74, 6) is 1.80. The van der Waals surface area contributed by atoms with Gasteiger partial charge in [0.1, 0.15) is 6.61 Å². The molecule has 1 atom stereocenters. The summed E-state index contributed by atoms with van der Waals surface area (Å²) in [4.78, 5) is 30.3. The minimum absolute atomic E-state index is 0. The third kappa shape index (κ3) is 8.95. The molecule has 5 nitrogen and oxygen atoms in total. The third-order valence-electron chi connectivity index (χ3n) is 0.965. The van der Waals surface area contributed by atoms with Gasteiger partial charge in [0.25, 0.3) is 0 Å². The second-order valence-corrected chi connectivity index (χ2v) is 3.50. The maximum absolute atomic E-state index is 10.3. The van der Waals surface area contributed by atoms with Gasteiger partial charge >= 0.3 is 43.4 Å². The van der Waals surface area contributed by atoms with Crippen LogP contribution in [0.15, 0.2) is 0 Å². The predicted octanol–water partition coefficient (Wildman–Crippen LogP) is -6.69. The van der Waals surface area contributed by atoms with Gasteiger partial charge in [-0.2, -0.15) is 0 Å². The summed E-state index contributed by atoms with van der Waals surface area (Å²) in [7, 11) is -5.25. The van der Waals surface area contributed by atoms with E-state index in [4.69, 9.17) is 6.42 Å². The van der Waals surface area contributed by atoms with Crippen molar-refractivity contribution in [1.29, 1.82) is 0 Å². The number of hydrogen-bond donors (Lipinski definition) is 0. The van der Waals surface area contributed by atoms with Gasteiger partial charge in [0.15, 0.2) is 0 Å². The van der Waals surface area contributed by atoms with Crippen LogP contribution < -0.4 is 47.5 Å². The topological polar surface area (TPSA) is 89.5 Å². The van der Waals surface area contributed by atoms with Crippen molar-refractivity contribution >= 4 is 13.3 Å². The van der Waals surface area contributed by atoms with Gasteiger partial charge in [-0.1, -0.05) is 0 Å². The van der Waals surface area contributed by atoms with E-state index in [1.165, 1.54) is 0 Å². The quantitative estimate of drug-likeness (QED) is 0.259. The van der Waals surface area contributed by atoms with Gasteiger partial charge in [0.05, 0.1) is 5.92 Å². The van der Waals surface area contributed by atoms with Crippen LogP contribution in [0.25, 0.3) is 0 Å². The van der Waals surface area contributed by atoms with Crippen LogP contribution in [0.3, 0.4) is 0 Å². The maximum atomic E-state index is 10.3. The molecule has 0 saturated heterocycles. The molecule has 0 radical (unpaired) electrons. The largest absolute Gasteiger partial charge is 1.00 e. The Balaban J connectivity index is -0.000000605. The SMILES string of the molecule is C#CC(C)COC(=O)P(=O)([O-])[O-].[Li+].[Li+]. The molecular formula is C6H7Li2O5P. The van der Waals surface area contributed by atoms with Gasteiger partial charge in [-0.3, -0.25) is 0 Å². The van der Waals surface area contributed by atoms with Gasteiger partial charge in [-0.15, -0.1) is 12.3 Å². The molecule has 0 bridgehead atoms. The van der Waals surface area contributed by atoms with Crippen LogP contribution in [0.1, 0.15) is 6.92 Å². The summed E-state index contributed by atoms with van der Waals surface area (Å²) in [5.41, 5.74) is -1.76. The van der Waals surface area contributed by atoms with Gasteiger partial charge in [-0.25, -0.2) is 4.79 Å². The van der Waals surface area contributed by atoms with Crippen LogP contribution in [-0.2, 0) is 9.30 Å². The molecular weight excluding hydrogens is 197 g/mol. The van der Waals surface area contributed by atoms with Crippen LogP contribution in [-0.4, -0.2) is 12.3 Å². The first kappa shape index (κ1) is 19.9. The van der Waals surface area contributed by atoms with Crippen molar-refractivity contribution in [1.82, 2.24) is 0 Å². The molecule has 0 fully saturated rings. The molecule has 0 heterocycles. The van der Waals surface area contributed by atoms with E-state index in [-0.39, 0.29) is 44.3 Å². The minimum Gasteiger partial charge on any atom is -0.803 e. The molecule has 0 aliphatic carbocycles. The van der Waals surface area contributed by atoms with Crippen molar-refractivity contribution in [2.75, 3.05) is 6.61 Å². The Morgan fingerprint density at radius 2 is 2.00 bits per heavy atom. The fourth-order valence-corrected chi connectivity index (χ4v) is 0.556. The van der Waals surface area contributed by atoms with Crippen molar-refractivity contribution in [3.63, 3.8) is 0 Å². The van der Waals surface area contributed by atoms with E-state index >= 15 is 0 Å². The summed E-state index contributed by atoms with van der Waals surface area (Å²) in [6.07, 6.45) is 4.90. The zero-order chi connectivity index (χ0) is 9.78. The van der Waals surface area contributed by atoms with Gasteiger partial charge in [-0.05, 0) is 6.92 Å². The molecule has 1 unspecified atom stereocenters. The summed E-state index contributed by atoms with van der Waals surface area (Å²) >= 11 is 0. The second-order valence-electron chi connectivity index (χ2n) is 2.14. The molecule has 0 spiro atoms. The minimum atomic E-state index is -5.25. The molecule has 0 aromatic carbocycles. The zero-order valence-corrected chi connectivity index (χ0v) is 9.24. The van der Waals surface area contributed by atoms with Crippen molar-refractivity contribution in [2.24, 2.45) is 5.92 Å². The average Bonchev–Trinajstić information content (AvgIpc) is 1.97. The van der Waals surface area contributed by atoms with Gasteiger partial charge in [0.2, 0.25) is 0 Å². The van der Waals surface area contributed by atoms with E-state index < -0.39 is 19.2 Å². The number of hydrogen-bond acceptors (Lipinski definition) is 5. The Morgan fingerprint density at radius 3 is 2.29 bits per heavy atom. The van der Waals surface area contributed by atoms with E-state index in [1.807, 2.05) is 0 Å². The average molecular weight is 204 g/mol. The molecule has 0 aliphatic heterocycles. The monoisotopic (exact) mass is 204 g/mol. The van der Waals surface area contributed by atoms with E-state index in [0.29, 0.717) is 0 Å². The number of terminal acetylenes is 1. The van der Waals surface area contributed by atoms with Crippen LogP contribution in [0.2, 0.25) is 0 Å². The van der Waals surface area contributed by atoms with Crippen molar-refractivity contribution in [3.8, 4) is 12.3 Å².